The Balaban J connectivity index is 1.75. The van der Waals surface area contributed by atoms with Crippen LogP contribution in [-0.2, 0) is 4.74 Å². The number of rotatable bonds is 4. The largest absolute Gasteiger partial charge is 0.378 e. The first-order valence-corrected chi connectivity index (χ1v) is 8.40. The fourth-order valence-corrected chi connectivity index (χ4v) is 3.53. The molecule has 116 valence electrons. The third kappa shape index (κ3) is 3.86. The van der Waals surface area contributed by atoms with E-state index in [9.17, 15) is 0 Å². The van der Waals surface area contributed by atoms with Crippen LogP contribution in [0, 0.1) is 0 Å². The summed E-state index contributed by atoms with van der Waals surface area (Å²) in [7, 11) is 0. The SMILES string of the molecule is NNc1nc(NC2CCSCC2)nc(N2CCOCC2)n1. The van der Waals surface area contributed by atoms with E-state index in [0.717, 1.165) is 25.9 Å². The zero-order valence-corrected chi connectivity index (χ0v) is 12.7. The topological polar surface area (TPSA) is 101 Å². The molecule has 2 aliphatic heterocycles. The molecule has 0 unspecified atom stereocenters. The summed E-state index contributed by atoms with van der Waals surface area (Å²) in [5.74, 6) is 9.47. The molecule has 0 saturated carbocycles. The first-order chi connectivity index (χ1) is 10.3. The van der Waals surface area contributed by atoms with Crippen molar-refractivity contribution in [3.63, 3.8) is 0 Å². The van der Waals surface area contributed by atoms with Crippen LogP contribution in [0.1, 0.15) is 12.8 Å². The van der Waals surface area contributed by atoms with Crippen LogP contribution in [-0.4, -0.2) is 58.8 Å². The van der Waals surface area contributed by atoms with Gasteiger partial charge in [-0.2, -0.15) is 26.7 Å². The van der Waals surface area contributed by atoms with Crippen LogP contribution in [0.15, 0.2) is 0 Å². The molecule has 0 spiro atoms. The summed E-state index contributed by atoms with van der Waals surface area (Å²) in [6.45, 7) is 2.96. The number of ether oxygens (including phenoxy) is 1. The van der Waals surface area contributed by atoms with E-state index in [2.05, 4.69) is 30.6 Å². The lowest BCUT2D eigenvalue weighted by molar-refractivity contribution is 0.122. The van der Waals surface area contributed by atoms with Gasteiger partial charge in [0, 0.05) is 19.1 Å². The zero-order chi connectivity index (χ0) is 14.5. The Bertz CT molecular complexity index is 463. The fourth-order valence-electron chi connectivity index (χ4n) is 2.42. The van der Waals surface area contributed by atoms with Crippen LogP contribution in [0.3, 0.4) is 0 Å². The Hall–Kier alpha value is -1.32. The van der Waals surface area contributed by atoms with Crippen LogP contribution in [0.4, 0.5) is 17.8 Å². The van der Waals surface area contributed by atoms with Crippen LogP contribution in [0.2, 0.25) is 0 Å². The summed E-state index contributed by atoms with van der Waals surface area (Å²) in [5, 5.41) is 3.41. The fraction of sp³-hybridized carbons (Fsp3) is 0.750. The summed E-state index contributed by atoms with van der Waals surface area (Å²) < 4.78 is 5.36. The predicted molar refractivity (Wildman–Crippen MR) is 84.6 cm³/mol. The van der Waals surface area contributed by atoms with Gasteiger partial charge in [-0.1, -0.05) is 0 Å². The van der Waals surface area contributed by atoms with E-state index < -0.39 is 0 Å². The van der Waals surface area contributed by atoms with Crippen LogP contribution >= 0.6 is 11.8 Å². The van der Waals surface area contributed by atoms with E-state index in [1.54, 1.807) is 0 Å². The maximum Gasteiger partial charge on any atom is 0.243 e. The highest BCUT2D eigenvalue weighted by molar-refractivity contribution is 7.99. The third-order valence-corrected chi connectivity index (χ3v) is 4.65. The van der Waals surface area contributed by atoms with Crippen molar-refractivity contribution in [3.05, 3.63) is 0 Å². The van der Waals surface area contributed by atoms with Gasteiger partial charge in [0.1, 0.15) is 0 Å². The normalized spacial score (nSPS) is 20.3. The van der Waals surface area contributed by atoms with E-state index in [1.165, 1.54) is 11.5 Å². The number of anilines is 3. The number of thioether (sulfide) groups is 1. The smallest absolute Gasteiger partial charge is 0.243 e. The molecule has 1 aromatic rings. The van der Waals surface area contributed by atoms with Gasteiger partial charge in [-0.05, 0) is 24.3 Å². The summed E-state index contributed by atoms with van der Waals surface area (Å²) >= 11 is 2.00. The first-order valence-electron chi connectivity index (χ1n) is 7.25. The van der Waals surface area contributed by atoms with Gasteiger partial charge in [0.15, 0.2) is 0 Å². The van der Waals surface area contributed by atoms with Gasteiger partial charge in [-0.15, -0.1) is 0 Å². The number of hydrogen-bond acceptors (Lipinski definition) is 9. The van der Waals surface area contributed by atoms with E-state index in [0.29, 0.717) is 37.1 Å². The molecule has 0 atom stereocenters. The highest BCUT2D eigenvalue weighted by Gasteiger charge is 2.19. The van der Waals surface area contributed by atoms with E-state index in [1.807, 2.05) is 11.8 Å². The van der Waals surface area contributed by atoms with Crippen LogP contribution < -0.4 is 21.5 Å². The van der Waals surface area contributed by atoms with Gasteiger partial charge < -0.3 is 15.0 Å². The van der Waals surface area contributed by atoms with Crippen molar-refractivity contribution in [1.82, 2.24) is 15.0 Å². The molecule has 0 amide bonds. The zero-order valence-electron chi connectivity index (χ0n) is 11.9. The number of nitrogens with one attached hydrogen (secondary N) is 2. The molecule has 3 heterocycles. The highest BCUT2D eigenvalue weighted by Crippen LogP contribution is 2.21. The molecule has 8 nitrogen and oxygen atoms in total. The summed E-state index contributed by atoms with van der Waals surface area (Å²) in [6.07, 6.45) is 2.27. The summed E-state index contributed by atoms with van der Waals surface area (Å²) in [6, 6.07) is 0.428. The van der Waals surface area contributed by atoms with Crippen molar-refractivity contribution in [2.75, 3.05) is 53.5 Å². The van der Waals surface area contributed by atoms with Gasteiger partial charge in [0.2, 0.25) is 17.8 Å². The second kappa shape index (κ2) is 7.10. The molecule has 0 bridgehead atoms. The average molecular weight is 311 g/mol. The van der Waals surface area contributed by atoms with E-state index in [-0.39, 0.29) is 0 Å². The lowest BCUT2D eigenvalue weighted by Crippen LogP contribution is -2.38. The molecule has 0 radical (unpaired) electrons. The van der Waals surface area contributed by atoms with Crippen LogP contribution in [0.25, 0.3) is 0 Å². The van der Waals surface area contributed by atoms with Crippen molar-refractivity contribution in [1.29, 1.82) is 0 Å². The van der Waals surface area contributed by atoms with Crippen molar-refractivity contribution < 1.29 is 4.74 Å². The molecule has 0 aromatic carbocycles. The maximum atomic E-state index is 5.47. The van der Waals surface area contributed by atoms with E-state index >= 15 is 0 Å². The molecule has 2 fully saturated rings. The summed E-state index contributed by atoms with van der Waals surface area (Å²) in [4.78, 5) is 15.3. The van der Waals surface area contributed by atoms with Crippen molar-refractivity contribution in [3.8, 4) is 0 Å². The Labute approximate surface area is 128 Å². The lowest BCUT2D eigenvalue weighted by atomic mass is 10.2. The number of nitrogens with two attached hydrogens (primary N) is 1. The number of nitrogen functional groups attached to an aromatic ring is 1. The second-order valence-electron chi connectivity index (χ2n) is 5.06. The minimum Gasteiger partial charge on any atom is -0.378 e. The Morgan fingerprint density at radius 2 is 1.81 bits per heavy atom. The van der Waals surface area contributed by atoms with E-state index in [4.69, 9.17) is 10.6 Å². The van der Waals surface area contributed by atoms with Gasteiger partial charge in [0.25, 0.3) is 0 Å². The Morgan fingerprint density at radius 1 is 1.10 bits per heavy atom. The van der Waals surface area contributed by atoms with Crippen molar-refractivity contribution in [2.24, 2.45) is 5.84 Å². The molecular formula is C12H21N7OS. The maximum absolute atomic E-state index is 5.47. The Morgan fingerprint density at radius 3 is 2.52 bits per heavy atom. The monoisotopic (exact) mass is 311 g/mol. The molecular weight excluding hydrogens is 290 g/mol. The second-order valence-corrected chi connectivity index (χ2v) is 6.28. The minimum atomic E-state index is 0.388. The quantitative estimate of drug-likeness (QED) is 0.535. The highest BCUT2D eigenvalue weighted by atomic mass is 32.2. The van der Waals surface area contributed by atoms with Gasteiger partial charge in [-0.3, -0.25) is 5.43 Å². The molecule has 21 heavy (non-hydrogen) atoms. The molecule has 2 aliphatic rings. The number of aromatic nitrogens is 3. The minimum absolute atomic E-state index is 0.388. The number of hydrazine groups is 1. The number of nitrogens with zero attached hydrogens (tertiary/aromatic N) is 4. The molecule has 1 aromatic heterocycles. The van der Waals surface area contributed by atoms with Gasteiger partial charge in [-0.25, -0.2) is 5.84 Å². The molecule has 3 rings (SSSR count). The third-order valence-electron chi connectivity index (χ3n) is 3.60. The molecule has 0 aliphatic carbocycles. The summed E-state index contributed by atoms with van der Waals surface area (Å²) in [5.41, 5.74) is 2.52. The van der Waals surface area contributed by atoms with Gasteiger partial charge in [0.05, 0.1) is 13.2 Å². The van der Waals surface area contributed by atoms with Crippen molar-refractivity contribution >= 4 is 29.6 Å². The standard InChI is InChI=1S/C12H21N7OS/c13-18-11-15-10(14-9-1-7-21-8-2-9)16-12(17-11)19-3-5-20-6-4-19/h9H,1-8,13H2,(H2,14,15,16,17,18). The van der Waals surface area contributed by atoms with Gasteiger partial charge >= 0.3 is 0 Å². The van der Waals surface area contributed by atoms with Crippen LogP contribution in [0.5, 0.6) is 0 Å². The molecule has 9 heteroatoms. The van der Waals surface area contributed by atoms with Crippen molar-refractivity contribution in [2.45, 2.75) is 18.9 Å². The average Bonchev–Trinajstić information content (AvgIpc) is 2.56. The lowest BCUT2D eigenvalue weighted by Gasteiger charge is -2.27. The number of hydrogen-bond donors (Lipinski definition) is 3. The Kier molecular flexibility index (Phi) is 4.94. The first kappa shape index (κ1) is 14.6. The number of morpholine rings is 1. The predicted octanol–water partition coefficient (Wildman–Crippen LogP) is 0.301. The molecule has 2 saturated heterocycles. The molecule has 4 N–H and O–H groups in total.